The van der Waals surface area contributed by atoms with Crippen molar-refractivity contribution >= 4 is 45.9 Å². The van der Waals surface area contributed by atoms with Crippen molar-refractivity contribution in [1.29, 1.82) is 0 Å². The Morgan fingerprint density at radius 1 is 0.962 bits per heavy atom. The highest BCUT2D eigenvalue weighted by Gasteiger charge is 2.30. The smallest absolute Gasteiger partial charge is 0.251 e. The van der Waals surface area contributed by atoms with Crippen molar-refractivity contribution in [3.63, 3.8) is 0 Å². The first-order valence-corrected chi connectivity index (χ1v) is 18.3. The van der Waals surface area contributed by atoms with Gasteiger partial charge in [-0.2, -0.15) is 0 Å². The molecule has 11 nitrogen and oxygen atoms in total. The minimum atomic E-state index is -0.266. The number of Topliss-reactive ketones (excluding diaryl/α,β-unsaturated/α-hetero) is 1. The number of carbonyl (C=O) groups is 2. The molecule has 1 aliphatic rings. The standard InChI is InChI=1S/C40H44Cl2N4O7/c1-24-30(20-35(50-2)38(52-4)37(24)51-3)40(49)43-21-27(26-9-12-31(41)32(42)19-26)15-18-45-16-13-25(14-17-45)36(48)39-44-33-7-5-6-8-34(33)46(39)22-28-10-11-29(23-47)53-28/h5-12,19-20,25,27,47H,13-18,21-23H2,1-4H3,(H,43,49). The molecule has 0 bridgehead atoms. The Labute approximate surface area is 318 Å². The molecule has 1 atom stereocenters. The fourth-order valence-electron chi connectivity index (χ4n) is 7.11. The number of aliphatic hydroxyl groups excluding tert-OH is 1. The van der Waals surface area contributed by atoms with Gasteiger partial charge in [0.1, 0.15) is 18.1 Å². The van der Waals surface area contributed by atoms with Crippen molar-refractivity contribution in [3.05, 3.63) is 105 Å². The number of nitrogens with zero attached hydrogens (tertiary/aromatic N) is 3. The Morgan fingerprint density at radius 2 is 1.70 bits per heavy atom. The summed E-state index contributed by atoms with van der Waals surface area (Å²) in [7, 11) is 4.57. The van der Waals surface area contributed by atoms with Crippen LogP contribution in [0.1, 0.15) is 68.8 Å². The minimum absolute atomic E-state index is 0.0215. The first kappa shape index (κ1) is 38.2. The van der Waals surface area contributed by atoms with Gasteiger partial charge >= 0.3 is 0 Å². The molecular formula is C40H44Cl2N4O7. The lowest BCUT2D eigenvalue weighted by Gasteiger charge is -2.32. The summed E-state index contributed by atoms with van der Waals surface area (Å²) >= 11 is 12.7. The average molecular weight is 764 g/mol. The van der Waals surface area contributed by atoms with Gasteiger partial charge in [0.2, 0.25) is 11.5 Å². The van der Waals surface area contributed by atoms with Crippen LogP contribution in [0.3, 0.4) is 0 Å². The molecular weight excluding hydrogens is 719 g/mol. The van der Waals surface area contributed by atoms with E-state index in [1.807, 2.05) is 54.0 Å². The molecule has 1 amide bonds. The lowest BCUT2D eigenvalue weighted by Crippen LogP contribution is -2.38. The lowest BCUT2D eigenvalue weighted by molar-refractivity contribution is 0.0823. The van der Waals surface area contributed by atoms with E-state index in [9.17, 15) is 14.7 Å². The van der Waals surface area contributed by atoms with E-state index in [2.05, 4.69) is 10.2 Å². The second-order valence-electron chi connectivity index (χ2n) is 13.2. The molecule has 1 unspecified atom stereocenters. The van der Waals surface area contributed by atoms with Gasteiger partial charge in [-0.15, -0.1) is 0 Å². The number of methoxy groups -OCH3 is 3. The fraction of sp³-hybridized carbons (Fsp3) is 0.375. The second kappa shape index (κ2) is 17.1. The largest absolute Gasteiger partial charge is 0.493 e. The number of piperidine rings is 1. The van der Waals surface area contributed by atoms with Crippen LogP contribution in [0.5, 0.6) is 17.2 Å². The number of fused-ring (bicyclic) bond motifs is 1. The van der Waals surface area contributed by atoms with Crippen molar-refractivity contribution in [2.24, 2.45) is 5.92 Å². The number of aromatic nitrogens is 2. The number of amides is 1. The molecule has 280 valence electrons. The van der Waals surface area contributed by atoms with Gasteiger partial charge in [0.15, 0.2) is 17.3 Å². The molecule has 2 aromatic heterocycles. The highest BCUT2D eigenvalue weighted by atomic mass is 35.5. The summed E-state index contributed by atoms with van der Waals surface area (Å²) in [6.45, 7) is 4.57. The number of carbonyl (C=O) groups excluding carboxylic acids is 2. The van der Waals surface area contributed by atoms with E-state index in [1.165, 1.54) is 21.3 Å². The molecule has 0 saturated carbocycles. The maximum atomic E-state index is 14.0. The van der Waals surface area contributed by atoms with E-state index in [0.717, 1.165) is 42.7 Å². The van der Waals surface area contributed by atoms with Gasteiger partial charge in [0, 0.05) is 29.5 Å². The number of benzene rings is 3. The van der Waals surface area contributed by atoms with Gasteiger partial charge in [-0.1, -0.05) is 41.4 Å². The molecule has 0 radical (unpaired) electrons. The number of rotatable bonds is 15. The van der Waals surface area contributed by atoms with E-state index < -0.39 is 0 Å². The monoisotopic (exact) mass is 762 g/mol. The third-order valence-electron chi connectivity index (χ3n) is 10.1. The summed E-state index contributed by atoms with van der Waals surface area (Å²) in [5.41, 5.74) is 3.64. The van der Waals surface area contributed by atoms with Gasteiger partial charge in [-0.25, -0.2) is 4.98 Å². The Morgan fingerprint density at radius 3 is 2.38 bits per heavy atom. The van der Waals surface area contributed by atoms with Crippen molar-refractivity contribution in [1.82, 2.24) is 19.8 Å². The number of ether oxygens (including phenoxy) is 3. The van der Waals surface area contributed by atoms with Crippen LogP contribution in [0.15, 0.2) is 65.1 Å². The third kappa shape index (κ3) is 8.33. The number of furan rings is 1. The van der Waals surface area contributed by atoms with E-state index in [0.29, 0.717) is 81.7 Å². The number of aliphatic hydroxyl groups is 1. The molecule has 3 heterocycles. The molecule has 0 aliphatic carbocycles. The Balaban J connectivity index is 1.12. The molecule has 0 spiro atoms. The molecule has 6 rings (SSSR count). The number of imidazole rings is 1. The van der Waals surface area contributed by atoms with E-state index >= 15 is 0 Å². The summed E-state index contributed by atoms with van der Waals surface area (Å²) < 4.78 is 24.2. The maximum absolute atomic E-state index is 14.0. The normalized spacial score (nSPS) is 14.3. The third-order valence-corrected chi connectivity index (χ3v) is 10.8. The predicted molar refractivity (Wildman–Crippen MR) is 204 cm³/mol. The van der Waals surface area contributed by atoms with Gasteiger partial charge in [0.05, 0.1) is 49.0 Å². The average Bonchev–Trinajstić information content (AvgIpc) is 3.80. The molecule has 3 aromatic carbocycles. The molecule has 13 heteroatoms. The number of para-hydroxylation sites is 2. The summed E-state index contributed by atoms with van der Waals surface area (Å²) in [4.78, 5) is 34.7. The molecule has 5 aromatic rings. The topological polar surface area (TPSA) is 128 Å². The predicted octanol–water partition coefficient (Wildman–Crippen LogP) is 7.31. The Kier molecular flexibility index (Phi) is 12.3. The van der Waals surface area contributed by atoms with Gasteiger partial charge in [0.25, 0.3) is 5.91 Å². The van der Waals surface area contributed by atoms with Crippen molar-refractivity contribution in [2.45, 2.75) is 45.3 Å². The van der Waals surface area contributed by atoms with Crippen LogP contribution in [-0.4, -0.2) is 78.8 Å². The van der Waals surface area contributed by atoms with Crippen molar-refractivity contribution in [3.8, 4) is 17.2 Å². The summed E-state index contributed by atoms with van der Waals surface area (Å²) in [6, 6.07) is 18.5. The van der Waals surface area contributed by atoms with Crippen LogP contribution in [0.4, 0.5) is 0 Å². The van der Waals surface area contributed by atoms with Crippen LogP contribution >= 0.6 is 23.2 Å². The maximum Gasteiger partial charge on any atom is 0.251 e. The highest BCUT2D eigenvalue weighted by Crippen LogP contribution is 2.41. The number of ketones is 1. The zero-order chi connectivity index (χ0) is 37.6. The molecule has 2 N–H and O–H groups in total. The summed E-state index contributed by atoms with van der Waals surface area (Å²) in [6.07, 6.45) is 2.14. The van der Waals surface area contributed by atoms with E-state index in [4.69, 9.17) is 46.8 Å². The van der Waals surface area contributed by atoms with E-state index in [1.54, 1.807) is 18.2 Å². The lowest BCUT2D eigenvalue weighted by atomic mass is 9.90. The van der Waals surface area contributed by atoms with Crippen LogP contribution in [0, 0.1) is 12.8 Å². The first-order valence-electron chi connectivity index (χ1n) is 17.6. The molecule has 1 aliphatic heterocycles. The number of halogens is 2. The van der Waals surface area contributed by atoms with Crippen LogP contribution < -0.4 is 19.5 Å². The quantitative estimate of drug-likeness (QED) is 0.106. The molecule has 1 saturated heterocycles. The van der Waals surface area contributed by atoms with Crippen LogP contribution in [0.25, 0.3) is 11.0 Å². The summed E-state index contributed by atoms with van der Waals surface area (Å²) in [5.74, 6) is 2.32. The fourth-order valence-corrected chi connectivity index (χ4v) is 7.42. The Hall–Kier alpha value is -4.55. The van der Waals surface area contributed by atoms with Crippen LogP contribution in [-0.2, 0) is 13.2 Å². The van der Waals surface area contributed by atoms with E-state index in [-0.39, 0.29) is 30.1 Å². The number of nitrogens with one attached hydrogen (secondary N) is 1. The van der Waals surface area contributed by atoms with Crippen molar-refractivity contribution < 1.29 is 33.3 Å². The number of hydrogen-bond acceptors (Lipinski definition) is 9. The second-order valence-corrected chi connectivity index (χ2v) is 14.0. The zero-order valence-corrected chi connectivity index (χ0v) is 31.8. The first-order chi connectivity index (χ1) is 25.6. The highest BCUT2D eigenvalue weighted by molar-refractivity contribution is 6.42. The SMILES string of the molecule is COc1cc(C(=O)NCC(CCN2CCC(C(=O)c3nc4ccccc4n3Cc3ccc(CO)o3)CC2)c2ccc(Cl)c(Cl)c2)c(C)c(OC)c1OC. The van der Waals surface area contributed by atoms with Gasteiger partial charge < -0.3 is 38.5 Å². The molecule has 1 fully saturated rings. The van der Waals surface area contributed by atoms with Gasteiger partial charge in [-0.05, 0) is 93.8 Å². The van der Waals surface area contributed by atoms with Gasteiger partial charge in [-0.3, -0.25) is 9.59 Å². The number of likely N-dealkylation sites (tertiary alicyclic amines) is 1. The Bertz CT molecular complexity index is 2090. The number of hydrogen-bond donors (Lipinski definition) is 2. The van der Waals surface area contributed by atoms with Crippen molar-refractivity contribution in [2.75, 3.05) is 47.5 Å². The minimum Gasteiger partial charge on any atom is -0.493 e. The summed E-state index contributed by atoms with van der Waals surface area (Å²) in [5, 5.41) is 13.5. The molecule has 53 heavy (non-hydrogen) atoms. The van der Waals surface area contributed by atoms with Crippen LogP contribution in [0.2, 0.25) is 10.0 Å². The zero-order valence-electron chi connectivity index (χ0n) is 30.3.